The van der Waals surface area contributed by atoms with Crippen molar-refractivity contribution in [3.8, 4) is 16.9 Å². The van der Waals surface area contributed by atoms with Crippen LogP contribution in [0.25, 0.3) is 32.8 Å². The first-order chi connectivity index (χ1) is 15.9. The number of benzene rings is 3. The second kappa shape index (κ2) is 8.56. The Balaban J connectivity index is 1.36. The summed E-state index contributed by atoms with van der Waals surface area (Å²) in [5.41, 5.74) is 6.39. The minimum absolute atomic E-state index is 0.241. The monoisotopic (exact) mass is 461 g/mol. The lowest BCUT2D eigenvalue weighted by atomic mass is 9.99. The number of hydrogen-bond donors (Lipinski definition) is 1. The van der Waals surface area contributed by atoms with Crippen molar-refractivity contribution in [1.82, 2.24) is 14.8 Å². The smallest absolute Gasteiger partial charge is 0.127 e. The van der Waals surface area contributed by atoms with E-state index in [-0.39, 0.29) is 5.82 Å². The van der Waals surface area contributed by atoms with Gasteiger partial charge in [-0.2, -0.15) is 5.10 Å². The van der Waals surface area contributed by atoms with Gasteiger partial charge in [0.2, 0.25) is 0 Å². The number of ether oxygens (including phenoxy) is 1. The summed E-state index contributed by atoms with van der Waals surface area (Å²) in [5, 5.41) is 8.21. The Hall–Kier alpha value is -3.31. The van der Waals surface area contributed by atoms with Crippen molar-refractivity contribution in [3.63, 3.8) is 0 Å². The molecule has 1 N–H and O–H groups in total. The third-order valence-electron chi connectivity index (χ3n) is 6.30. The number of nitrogens with zero attached hydrogens (tertiary/aromatic N) is 2. The van der Waals surface area contributed by atoms with E-state index in [1.807, 2.05) is 42.9 Å². The van der Waals surface area contributed by atoms with Crippen molar-refractivity contribution in [2.24, 2.45) is 7.05 Å². The van der Waals surface area contributed by atoms with Crippen LogP contribution in [0.3, 0.4) is 0 Å². The molecule has 2 aromatic heterocycles. The lowest BCUT2D eigenvalue weighted by Crippen LogP contribution is -1.99. The van der Waals surface area contributed by atoms with Crippen molar-refractivity contribution < 1.29 is 9.13 Å². The number of H-pyrrole nitrogens is 1. The molecule has 2 heterocycles. The zero-order chi connectivity index (χ0) is 23.1. The fourth-order valence-electron chi connectivity index (χ4n) is 4.61. The number of aryl methyl sites for hydroxylation is 3. The third kappa shape index (κ3) is 3.87. The van der Waals surface area contributed by atoms with Gasteiger partial charge in [-0.15, -0.1) is 0 Å². The number of aromatic nitrogens is 3. The van der Waals surface area contributed by atoms with Crippen LogP contribution in [0.2, 0.25) is 5.02 Å². The number of rotatable bonds is 6. The highest BCUT2D eigenvalue weighted by Gasteiger charge is 2.19. The Morgan fingerprint density at radius 2 is 1.88 bits per heavy atom. The number of aromatic amines is 1. The fraction of sp³-hybridized carbons (Fsp3) is 0.222. The highest BCUT2D eigenvalue weighted by Crippen LogP contribution is 2.39. The van der Waals surface area contributed by atoms with Crippen LogP contribution < -0.4 is 4.74 Å². The lowest BCUT2D eigenvalue weighted by molar-refractivity contribution is 0.315. The molecule has 6 heteroatoms. The van der Waals surface area contributed by atoms with Crippen LogP contribution in [0.15, 0.2) is 54.7 Å². The van der Waals surface area contributed by atoms with E-state index < -0.39 is 0 Å². The molecule has 168 valence electrons. The van der Waals surface area contributed by atoms with Crippen LogP contribution in [0.4, 0.5) is 4.39 Å². The standard InChI is InChI=1S/C27H25ClFN3O/c1-16-25(17(2)32(3)31-16)26-23(28)12-11-22-19(15-30-27(22)26)7-5-13-33-24-8-4-6-18-14-20(29)9-10-21(18)24/h4,6,8-12,14-15,30H,5,7,13H2,1-3H3. The minimum Gasteiger partial charge on any atom is -0.493 e. The van der Waals surface area contributed by atoms with Crippen LogP contribution in [0.1, 0.15) is 23.4 Å². The van der Waals surface area contributed by atoms with Gasteiger partial charge in [0, 0.05) is 40.8 Å². The van der Waals surface area contributed by atoms with Crippen LogP contribution in [-0.2, 0) is 13.5 Å². The number of fused-ring (bicyclic) bond motifs is 2. The first kappa shape index (κ1) is 21.5. The summed E-state index contributed by atoms with van der Waals surface area (Å²) in [4.78, 5) is 3.45. The quantitative estimate of drug-likeness (QED) is 0.273. The van der Waals surface area contributed by atoms with E-state index in [0.29, 0.717) is 11.6 Å². The van der Waals surface area contributed by atoms with Gasteiger partial charge in [0.1, 0.15) is 11.6 Å². The zero-order valence-corrected chi connectivity index (χ0v) is 19.6. The Labute approximate surface area is 196 Å². The molecular formula is C27H25ClFN3O. The first-order valence-electron chi connectivity index (χ1n) is 11.0. The van der Waals surface area contributed by atoms with Crippen LogP contribution in [0, 0.1) is 19.7 Å². The van der Waals surface area contributed by atoms with E-state index in [1.54, 1.807) is 6.07 Å². The SMILES string of the molecule is Cc1nn(C)c(C)c1-c1c(Cl)ccc2c(CCCOc3cccc4cc(F)ccc34)c[nH]c12. The molecule has 4 nitrogen and oxygen atoms in total. The van der Waals surface area contributed by atoms with Gasteiger partial charge in [-0.05, 0) is 68.0 Å². The molecule has 0 saturated carbocycles. The molecular weight excluding hydrogens is 437 g/mol. The molecule has 0 saturated heterocycles. The molecule has 0 fully saturated rings. The topological polar surface area (TPSA) is 42.8 Å². The summed E-state index contributed by atoms with van der Waals surface area (Å²) in [6.45, 7) is 4.65. The molecule has 0 atom stereocenters. The molecule has 0 aliphatic carbocycles. The molecule has 0 bridgehead atoms. The summed E-state index contributed by atoms with van der Waals surface area (Å²) in [6.07, 6.45) is 3.78. The Morgan fingerprint density at radius 1 is 1.06 bits per heavy atom. The van der Waals surface area contributed by atoms with E-state index in [4.69, 9.17) is 16.3 Å². The molecule has 0 aliphatic rings. The van der Waals surface area contributed by atoms with Gasteiger partial charge in [-0.1, -0.05) is 29.8 Å². The van der Waals surface area contributed by atoms with E-state index in [1.165, 1.54) is 17.7 Å². The van der Waals surface area contributed by atoms with Crippen molar-refractivity contribution in [2.75, 3.05) is 6.61 Å². The number of nitrogens with one attached hydrogen (secondary N) is 1. The molecule has 0 aliphatic heterocycles. The van der Waals surface area contributed by atoms with Crippen LogP contribution in [0.5, 0.6) is 5.75 Å². The maximum atomic E-state index is 13.5. The second-order valence-electron chi connectivity index (χ2n) is 8.40. The molecule has 33 heavy (non-hydrogen) atoms. The maximum absolute atomic E-state index is 13.5. The van der Waals surface area contributed by atoms with Gasteiger partial charge in [0.25, 0.3) is 0 Å². The summed E-state index contributed by atoms with van der Waals surface area (Å²) in [7, 11) is 1.95. The molecule has 5 rings (SSSR count). The van der Waals surface area contributed by atoms with Gasteiger partial charge in [-0.3, -0.25) is 4.68 Å². The summed E-state index contributed by atoms with van der Waals surface area (Å²) in [5.74, 6) is 0.540. The summed E-state index contributed by atoms with van der Waals surface area (Å²) in [6, 6.07) is 14.5. The molecule has 0 unspecified atom stereocenters. The normalized spacial score (nSPS) is 11.5. The Bertz CT molecular complexity index is 1480. The molecule has 0 spiro atoms. The fourth-order valence-corrected chi connectivity index (χ4v) is 4.87. The van der Waals surface area contributed by atoms with Gasteiger partial charge in [0.15, 0.2) is 0 Å². The number of hydrogen-bond acceptors (Lipinski definition) is 2. The van der Waals surface area contributed by atoms with Crippen molar-refractivity contribution in [2.45, 2.75) is 26.7 Å². The van der Waals surface area contributed by atoms with Gasteiger partial charge >= 0.3 is 0 Å². The largest absolute Gasteiger partial charge is 0.493 e. The second-order valence-corrected chi connectivity index (χ2v) is 8.81. The summed E-state index contributed by atoms with van der Waals surface area (Å²) < 4.78 is 21.5. The average molecular weight is 462 g/mol. The zero-order valence-electron chi connectivity index (χ0n) is 18.9. The van der Waals surface area contributed by atoms with Crippen LogP contribution in [-0.4, -0.2) is 21.4 Å². The number of halogens is 2. The molecule has 5 aromatic rings. The van der Waals surface area contributed by atoms with Gasteiger partial charge in [0.05, 0.1) is 22.8 Å². The van der Waals surface area contributed by atoms with Crippen LogP contribution >= 0.6 is 11.6 Å². The molecule has 0 radical (unpaired) electrons. The van der Waals surface area contributed by atoms with Crippen molar-refractivity contribution >= 4 is 33.3 Å². The predicted molar refractivity (Wildman–Crippen MR) is 133 cm³/mol. The minimum atomic E-state index is -0.241. The average Bonchev–Trinajstić information content (AvgIpc) is 3.31. The van der Waals surface area contributed by atoms with E-state index in [9.17, 15) is 4.39 Å². The van der Waals surface area contributed by atoms with Crippen molar-refractivity contribution in [3.05, 3.63) is 82.5 Å². The van der Waals surface area contributed by atoms with E-state index >= 15 is 0 Å². The first-order valence-corrected chi connectivity index (χ1v) is 11.4. The highest BCUT2D eigenvalue weighted by atomic mass is 35.5. The van der Waals surface area contributed by atoms with E-state index in [0.717, 1.165) is 62.8 Å². The third-order valence-corrected chi connectivity index (χ3v) is 6.62. The predicted octanol–water partition coefficient (Wildman–Crippen LogP) is 7.14. The Morgan fingerprint density at radius 3 is 2.67 bits per heavy atom. The Kier molecular flexibility index (Phi) is 5.59. The molecule has 3 aromatic carbocycles. The lowest BCUT2D eigenvalue weighted by Gasteiger charge is -2.10. The van der Waals surface area contributed by atoms with E-state index in [2.05, 4.69) is 29.3 Å². The van der Waals surface area contributed by atoms with Gasteiger partial charge < -0.3 is 9.72 Å². The van der Waals surface area contributed by atoms with Gasteiger partial charge in [-0.25, -0.2) is 4.39 Å². The summed E-state index contributed by atoms with van der Waals surface area (Å²) >= 11 is 6.65. The maximum Gasteiger partial charge on any atom is 0.127 e. The molecule has 0 amide bonds. The highest BCUT2D eigenvalue weighted by molar-refractivity contribution is 6.35. The van der Waals surface area contributed by atoms with Crippen molar-refractivity contribution in [1.29, 1.82) is 0 Å².